The van der Waals surface area contributed by atoms with Crippen molar-refractivity contribution in [3.05, 3.63) is 12.2 Å². The lowest BCUT2D eigenvalue weighted by Crippen LogP contribution is -1.84. The molecule has 1 aromatic heterocycles. The second-order valence-corrected chi connectivity index (χ2v) is 2.20. The Balaban J connectivity index is 2.85. The van der Waals surface area contributed by atoms with Crippen LogP contribution in [0.3, 0.4) is 0 Å². The third kappa shape index (κ3) is 1.22. The maximum Gasteiger partial charge on any atom is 0.250 e. The topological polar surface area (TPSA) is 46.3 Å². The summed E-state index contributed by atoms with van der Waals surface area (Å²) < 4.78 is 4.86. The summed E-state index contributed by atoms with van der Waals surface area (Å²) in [6, 6.07) is 0. The van der Waals surface area contributed by atoms with E-state index in [9.17, 15) is 0 Å². The van der Waals surface area contributed by atoms with Crippen molar-refractivity contribution in [3.8, 4) is 5.88 Å². The molecule has 0 aliphatic carbocycles. The van der Waals surface area contributed by atoms with Crippen LogP contribution in [0.4, 0.5) is 0 Å². The van der Waals surface area contributed by atoms with Gasteiger partial charge in [-0.25, -0.2) is 0 Å². The molecule has 0 saturated carbocycles. The van der Waals surface area contributed by atoms with Crippen molar-refractivity contribution >= 4 is 0 Å². The minimum absolute atomic E-state index is 0.0429. The zero-order chi connectivity index (χ0) is 6.85. The van der Waals surface area contributed by atoms with E-state index < -0.39 is 0 Å². The van der Waals surface area contributed by atoms with E-state index in [4.69, 9.17) is 9.52 Å². The Bertz CT molecular complexity index is 193. The Kier molecular flexibility index (Phi) is 1.42. The minimum Gasteiger partial charge on any atom is -0.491 e. The van der Waals surface area contributed by atoms with E-state index in [1.165, 1.54) is 6.26 Å². The molecule has 9 heavy (non-hydrogen) atoms. The lowest BCUT2D eigenvalue weighted by molar-refractivity contribution is 0.444. The molecule has 0 saturated heterocycles. The van der Waals surface area contributed by atoms with Crippen LogP contribution in [0.5, 0.6) is 5.88 Å². The lowest BCUT2D eigenvalue weighted by Gasteiger charge is -1.92. The summed E-state index contributed by atoms with van der Waals surface area (Å²) in [5.41, 5.74) is 0. The molecule has 1 rings (SSSR count). The predicted molar refractivity (Wildman–Crippen MR) is 32.3 cm³/mol. The molecule has 0 aromatic carbocycles. The average Bonchev–Trinajstić information content (AvgIpc) is 2.14. The molecular formula is C6H9NO2. The molecule has 0 aliphatic heterocycles. The van der Waals surface area contributed by atoms with Gasteiger partial charge >= 0.3 is 0 Å². The van der Waals surface area contributed by atoms with Gasteiger partial charge in [0.15, 0.2) is 12.2 Å². The highest BCUT2D eigenvalue weighted by Gasteiger charge is 2.04. The number of rotatable bonds is 1. The molecule has 0 unspecified atom stereocenters. The molecule has 0 radical (unpaired) electrons. The molecule has 0 bridgehead atoms. The molecule has 1 aromatic rings. The van der Waals surface area contributed by atoms with Gasteiger partial charge < -0.3 is 9.52 Å². The highest BCUT2D eigenvalue weighted by atomic mass is 16.4. The molecule has 0 spiro atoms. The van der Waals surface area contributed by atoms with Crippen molar-refractivity contribution in [1.82, 2.24) is 4.98 Å². The van der Waals surface area contributed by atoms with Crippen molar-refractivity contribution in [2.75, 3.05) is 0 Å². The van der Waals surface area contributed by atoms with Gasteiger partial charge in [-0.2, -0.15) is 4.98 Å². The van der Waals surface area contributed by atoms with Gasteiger partial charge in [-0.15, -0.1) is 0 Å². The molecule has 3 nitrogen and oxygen atoms in total. The van der Waals surface area contributed by atoms with Crippen LogP contribution in [0, 0.1) is 0 Å². The molecule has 0 fully saturated rings. The van der Waals surface area contributed by atoms with Gasteiger partial charge in [0.05, 0.1) is 0 Å². The van der Waals surface area contributed by atoms with Crippen molar-refractivity contribution in [3.63, 3.8) is 0 Å². The average molecular weight is 127 g/mol. The van der Waals surface area contributed by atoms with Crippen LogP contribution in [-0.4, -0.2) is 10.1 Å². The van der Waals surface area contributed by atoms with E-state index in [1.807, 2.05) is 13.8 Å². The summed E-state index contributed by atoms with van der Waals surface area (Å²) in [7, 11) is 0. The fourth-order valence-corrected chi connectivity index (χ4v) is 0.544. The highest BCUT2D eigenvalue weighted by Crippen LogP contribution is 2.15. The van der Waals surface area contributed by atoms with Crippen LogP contribution in [0.1, 0.15) is 25.7 Å². The first-order valence-corrected chi connectivity index (χ1v) is 2.84. The fourth-order valence-electron chi connectivity index (χ4n) is 0.544. The van der Waals surface area contributed by atoms with Crippen LogP contribution in [0.2, 0.25) is 0 Å². The molecule has 0 amide bonds. The van der Waals surface area contributed by atoms with Crippen LogP contribution in [0.15, 0.2) is 10.7 Å². The monoisotopic (exact) mass is 127 g/mol. The second kappa shape index (κ2) is 2.09. The third-order valence-electron chi connectivity index (χ3n) is 1.00. The molecule has 0 aliphatic rings. The summed E-state index contributed by atoms with van der Waals surface area (Å²) in [5.74, 6) is 0.775. The number of oxazole rings is 1. The second-order valence-electron chi connectivity index (χ2n) is 2.20. The predicted octanol–water partition coefficient (Wildman–Crippen LogP) is 1.50. The largest absolute Gasteiger partial charge is 0.491 e. The van der Waals surface area contributed by atoms with Crippen molar-refractivity contribution in [2.24, 2.45) is 0 Å². The summed E-state index contributed by atoms with van der Waals surface area (Å²) in [5, 5.41) is 8.70. The van der Waals surface area contributed by atoms with Crippen LogP contribution in [-0.2, 0) is 0 Å². The minimum atomic E-state index is -0.0429. The van der Waals surface area contributed by atoms with E-state index in [1.54, 1.807) is 0 Å². The quantitative estimate of drug-likeness (QED) is 0.621. The SMILES string of the molecule is CC(C)c1nc(O)co1. The highest BCUT2D eigenvalue weighted by molar-refractivity contribution is 5.02. The van der Waals surface area contributed by atoms with E-state index in [-0.39, 0.29) is 11.8 Å². The standard InChI is InChI=1S/C6H9NO2/c1-4(2)6-7-5(8)3-9-6/h3-4,8H,1-2H3. The lowest BCUT2D eigenvalue weighted by atomic mass is 10.2. The molecule has 50 valence electrons. The Morgan fingerprint density at radius 1 is 1.67 bits per heavy atom. The fraction of sp³-hybridized carbons (Fsp3) is 0.500. The summed E-state index contributed by atoms with van der Waals surface area (Å²) >= 11 is 0. The molecule has 1 heterocycles. The Labute approximate surface area is 53.3 Å². The third-order valence-corrected chi connectivity index (χ3v) is 1.00. The summed E-state index contributed by atoms with van der Waals surface area (Å²) in [6.45, 7) is 3.90. The van der Waals surface area contributed by atoms with Gasteiger partial charge in [0, 0.05) is 5.92 Å². The van der Waals surface area contributed by atoms with E-state index in [0.717, 1.165) is 0 Å². The van der Waals surface area contributed by atoms with Gasteiger partial charge in [0.1, 0.15) is 0 Å². The van der Waals surface area contributed by atoms with Crippen LogP contribution in [0.25, 0.3) is 0 Å². The first kappa shape index (κ1) is 6.13. The maximum atomic E-state index is 8.70. The molecule has 3 heteroatoms. The molecule has 1 N–H and O–H groups in total. The normalized spacial score (nSPS) is 10.6. The van der Waals surface area contributed by atoms with Gasteiger partial charge in [-0.3, -0.25) is 0 Å². The number of nitrogens with zero attached hydrogens (tertiary/aromatic N) is 1. The van der Waals surface area contributed by atoms with Crippen molar-refractivity contribution in [2.45, 2.75) is 19.8 Å². The van der Waals surface area contributed by atoms with E-state index in [0.29, 0.717) is 5.89 Å². The van der Waals surface area contributed by atoms with E-state index in [2.05, 4.69) is 4.98 Å². The van der Waals surface area contributed by atoms with Gasteiger partial charge in [-0.05, 0) is 0 Å². The Morgan fingerprint density at radius 2 is 2.33 bits per heavy atom. The van der Waals surface area contributed by atoms with Gasteiger partial charge in [0.25, 0.3) is 0 Å². The molecular weight excluding hydrogens is 118 g/mol. The number of aromatic nitrogens is 1. The summed E-state index contributed by atoms with van der Waals surface area (Å²) in [6.07, 6.45) is 1.23. The first-order chi connectivity index (χ1) is 4.20. The number of aromatic hydroxyl groups is 1. The van der Waals surface area contributed by atoms with Crippen LogP contribution >= 0.6 is 0 Å². The van der Waals surface area contributed by atoms with Gasteiger partial charge in [-0.1, -0.05) is 13.8 Å². The van der Waals surface area contributed by atoms with Crippen molar-refractivity contribution in [1.29, 1.82) is 0 Å². The van der Waals surface area contributed by atoms with Gasteiger partial charge in [0.2, 0.25) is 5.88 Å². The number of hydrogen-bond donors (Lipinski definition) is 1. The van der Waals surface area contributed by atoms with Crippen LogP contribution < -0.4 is 0 Å². The zero-order valence-corrected chi connectivity index (χ0v) is 5.46. The smallest absolute Gasteiger partial charge is 0.250 e. The maximum absolute atomic E-state index is 8.70. The number of hydrogen-bond acceptors (Lipinski definition) is 3. The Hall–Kier alpha value is -0.990. The molecule has 0 atom stereocenters. The zero-order valence-electron chi connectivity index (χ0n) is 5.46. The first-order valence-electron chi connectivity index (χ1n) is 2.84. The summed E-state index contributed by atoms with van der Waals surface area (Å²) in [4.78, 5) is 3.70. The Morgan fingerprint density at radius 3 is 2.56 bits per heavy atom. The van der Waals surface area contributed by atoms with Crippen molar-refractivity contribution < 1.29 is 9.52 Å². The van der Waals surface area contributed by atoms with E-state index >= 15 is 0 Å².